The average molecular weight is 213 g/mol. The first-order chi connectivity index (χ1) is 7.26. The molecule has 0 saturated heterocycles. The maximum Gasteiger partial charge on any atom is 0.0605 e. The van der Waals surface area contributed by atoms with E-state index in [9.17, 15) is 0 Å². The van der Waals surface area contributed by atoms with Gasteiger partial charge in [0.1, 0.15) is 0 Å². The van der Waals surface area contributed by atoms with E-state index >= 15 is 0 Å². The summed E-state index contributed by atoms with van der Waals surface area (Å²) in [5.74, 6) is 0.734. The molecule has 1 atom stereocenters. The molecule has 0 aromatic heterocycles. The van der Waals surface area contributed by atoms with Gasteiger partial charge in [-0.2, -0.15) is 0 Å². The van der Waals surface area contributed by atoms with Gasteiger partial charge in [-0.1, -0.05) is 27.2 Å². The van der Waals surface area contributed by atoms with Gasteiger partial charge in [-0.3, -0.25) is 0 Å². The molecule has 0 bridgehead atoms. The lowest BCUT2D eigenvalue weighted by Crippen LogP contribution is -2.46. The summed E-state index contributed by atoms with van der Waals surface area (Å²) in [5, 5.41) is 3.53. The zero-order valence-electron chi connectivity index (χ0n) is 10.6. The highest BCUT2D eigenvalue weighted by Crippen LogP contribution is 2.24. The van der Waals surface area contributed by atoms with E-state index in [1.807, 2.05) is 0 Å². The first kappa shape index (κ1) is 13.0. The van der Waals surface area contributed by atoms with Crippen molar-refractivity contribution < 1.29 is 4.74 Å². The fourth-order valence-corrected chi connectivity index (χ4v) is 2.09. The van der Waals surface area contributed by atoms with Crippen molar-refractivity contribution in [3.8, 4) is 0 Å². The van der Waals surface area contributed by atoms with Crippen LogP contribution in [0, 0.1) is 5.92 Å². The molecule has 0 radical (unpaired) electrons. The van der Waals surface area contributed by atoms with Gasteiger partial charge in [-0.05, 0) is 38.1 Å². The van der Waals surface area contributed by atoms with Crippen molar-refractivity contribution in [3.05, 3.63) is 0 Å². The normalized spacial score (nSPS) is 27.4. The van der Waals surface area contributed by atoms with Gasteiger partial charge in [0.2, 0.25) is 0 Å². The lowest BCUT2D eigenvalue weighted by Gasteiger charge is -2.36. The molecule has 0 aromatic carbocycles. The fraction of sp³-hybridized carbons (Fsp3) is 1.00. The van der Waals surface area contributed by atoms with E-state index in [2.05, 4.69) is 26.1 Å². The smallest absolute Gasteiger partial charge is 0.0605 e. The molecular formula is C13H27NO. The Hall–Kier alpha value is -0.0800. The highest BCUT2D eigenvalue weighted by atomic mass is 16.5. The minimum atomic E-state index is 0.540. The van der Waals surface area contributed by atoms with Gasteiger partial charge in [0.15, 0.2) is 0 Å². The van der Waals surface area contributed by atoms with E-state index in [1.54, 1.807) is 0 Å². The Bertz CT molecular complexity index is 155. The van der Waals surface area contributed by atoms with Gasteiger partial charge >= 0.3 is 0 Å². The van der Waals surface area contributed by atoms with Crippen molar-refractivity contribution in [1.82, 2.24) is 5.32 Å². The molecule has 0 amide bonds. The van der Waals surface area contributed by atoms with Crippen molar-refractivity contribution in [2.45, 2.75) is 65.0 Å². The summed E-state index contributed by atoms with van der Waals surface area (Å²) in [4.78, 5) is 0. The van der Waals surface area contributed by atoms with E-state index in [-0.39, 0.29) is 0 Å². The fourth-order valence-electron chi connectivity index (χ4n) is 2.09. The molecule has 0 spiro atoms. The number of nitrogens with one attached hydrogen (secondary N) is 1. The van der Waals surface area contributed by atoms with Gasteiger partial charge < -0.3 is 10.1 Å². The van der Waals surface area contributed by atoms with Crippen LogP contribution in [0.3, 0.4) is 0 Å². The topological polar surface area (TPSA) is 21.3 Å². The Labute approximate surface area is 94.8 Å². The van der Waals surface area contributed by atoms with Gasteiger partial charge in [0, 0.05) is 12.6 Å². The Balaban J connectivity index is 1.93. The molecule has 1 N–H and O–H groups in total. The molecule has 90 valence electrons. The molecule has 1 saturated carbocycles. The standard InChI is InChI=1S/C13H27NO/c1-4-6-11(3)10-15-13-8-12(9-13)14-7-5-2/h11-14H,4-10H2,1-3H3. The number of hydrogen-bond donors (Lipinski definition) is 1. The SMILES string of the molecule is CCCNC1CC(OCC(C)CCC)C1. The second kappa shape index (κ2) is 7.24. The number of rotatable bonds is 8. The summed E-state index contributed by atoms with van der Waals surface area (Å²) >= 11 is 0. The third-order valence-electron chi connectivity index (χ3n) is 3.18. The molecule has 0 aromatic rings. The summed E-state index contributed by atoms with van der Waals surface area (Å²) in [6, 6.07) is 0.733. The molecule has 1 aliphatic carbocycles. The Morgan fingerprint density at radius 2 is 2.00 bits per heavy atom. The minimum Gasteiger partial charge on any atom is -0.378 e. The van der Waals surface area contributed by atoms with E-state index in [0.717, 1.165) is 25.1 Å². The lowest BCUT2D eigenvalue weighted by molar-refractivity contribution is -0.0307. The van der Waals surface area contributed by atoms with Crippen molar-refractivity contribution in [1.29, 1.82) is 0 Å². The van der Waals surface area contributed by atoms with Gasteiger partial charge in [-0.25, -0.2) is 0 Å². The largest absolute Gasteiger partial charge is 0.378 e. The van der Waals surface area contributed by atoms with Crippen LogP contribution in [-0.4, -0.2) is 25.3 Å². The van der Waals surface area contributed by atoms with Crippen molar-refractivity contribution in [3.63, 3.8) is 0 Å². The summed E-state index contributed by atoms with van der Waals surface area (Å²) in [7, 11) is 0. The Morgan fingerprint density at radius 1 is 1.27 bits per heavy atom. The molecule has 2 nitrogen and oxygen atoms in total. The van der Waals surface area contributed by atoms with E-state index < -0.39 is 0 Å². The monoisotopic (exact) mass is 213 g/mol. The molecule has 0 heterocycles. The number of hydrogen-bond acceptors (Lipinski definition) is 2. The van der Waals surface area contributed by atoms with Crippen LogP contribution in [0.25, 0.3) is 0 Å². The van der Waals surface area contributed by atoms with Crippen LogP contribution in [0.4, 0.5) is 0 Å². The average Bonchev–Trinajstić information content (AvgIpc) is 2.15. The van der Waals surface area contributed by atoms with Crippen LogP contribution >= 0.6 is 0 Å². The maximum absolute atomic E-state index is 5.86. The third kappa shape index (κ3) is 4.98. The van der Waals surface area contributed by atoms with Crippen LogP contribution < -0.4 is 5.32 Å². The summed E-state index contributed by atoms with van der Waals surface area (Å²) < 4.78 is 5.86. The first-order valence-corrected chi connectivity index (χ1v) is 6.61. The van der Waals surface area contributed by atoms with Crippen LogP contribution in [0.1, 0.15) is 52.9 Å². The molecule has 1 rings (SSSR count). The number of ether oxygens (including phenoxy) is 1. The zero-order chi connectivity index (χ0) is 11.1. The summed E-state index contributed by atoms with van der Waals surface area (Å²) in [6.07, 6.45) is 6.78. The van der Waals surface area contributed by atoms with Crippen LogP contribution in [0.15, 0.2) is 0 Å². The van der Waals surface area contributed by atoms with E-state index in [4.69, 9.17) is 4.74 Å². The third-order valence-corrected chi connectivity index (χ3v) is 3.18. The highest BCUT2D eigenvalue weighted by molar-refractivity contribution is 4.85. The second-order valence-corrected chi connectivity index (χ2v) is 4.97. The van der Waals surface area contributed by atoms with Crippen molar-refractivity contribution in [2.24, 2.45) is 5.92 Å². The van der Waals surface area contributed by atoms with Gasteiger partial charge in [0.05, 0.1) is 6.10 Å². The van der Waals surface area contributed by atoms with Crippen molar-refractivity contribution in [2.75, 3.05) is 13.2 Å². The quantitative estimate of drug-likeness (QED) is 0.669. The molecule has 2 heteroatoms. The molecule has 15 heavy (non-hydrogen) atoms. The minimum absolute atomic E-state index is 0.540. The van der Waals surface area contributed by atoms with E-state index in [1.165, 1.54) is 32.1 Å². The molecule has 0 aliphatic heterocycles. The Morgan fingerprint density at radius 3 is 2.60 bits per heavy atom. The van der Waals surface area contributed by atoms with E-state index in [0.29, 0.717) is 6.10 Å². The van der Waals surface area contributed by atoms with Crippen LogP contribution in [0.2, 0.25) is 0 Å². The van der Waals surface area contributed by atoms with Gasteiger partial charge in [0.25, 0.3) is 0 Å². The predicted octanol–water partition coefficient (Wildman–Crippen LogP) is 2.97. The lowest BCUT2D eigenvalue weighted by atomic mass is 9.89. The predicted molar refractivity (Wildman–Crippen MR) is 65.1 cm³/mol. The molecule has 1 fully saturated rings. The Kier molecular flexibility index (Phi) is 6.26. The molecule has 1 unspecified atom stereocenters. The second-order valence-electron chi connectivity index (χ2n) is 4.97. The summed E-state index contributed by atoms with van der Waals surface area (Å²) in [5.41, 5.74) is 0. The van der Waals surface area contributed by atoms with Crippen molar-refractivity contribution >= 4 is 0 Å². The van der Waals surface area contributed by atoms with Gasteiger partial charge in [-0.15, -0.1) is 0 Å². The first-order valence-electron chi connectivity index (χ1n) is 6.61. The van der Waals surface area contributed by atoms with Crippen LogP contribution in [-0.2, 0) is 4.74 Å². The zero-order valence-corrected chi connectivity index (χ0v) is 10.6. The molecular weight excluding hydrogens is 186 g/mol. The molecule has 1 aliphatic rings. The summed E-state index contributed by atoms with van der Waals surface area (Å²) in [6.45, 7) is 8.86. The maximum atomic E-state index is 5.86. The van der Waals surface area contributed by atoms with Crippen LogP contribution in [0.5, 0.6) is 0 Å². The highest BCUT2D eigenvalue weighted by Gasteiger charge is 2.29.